The van der Waals surface area contributed by atoms with Crippen molar-refractivity contribution in [1.29, 1.82) is 0 Å². The van der Waals surface area contributed by atoms with Crippen molar-refractivity contribution in [2.75, 3.05) is 38.4 Å². The number of aromatic nitrogens is 2. The second kappa shape index (κ2) is 10.4. The fraction of sp³-hybridized carbons (Fsp3) is 0.591. The summed E-state index contributed by atoms with van der Waals surface area (Å²) in [6, 6.07) is 3.38. The molecule has 3 rings (SSSR count). The van der Waals surface area contributed by atoms with E-state index in [1.165, 1.54) is 16.8 Å². The minimum Gasteiger partial charge on any atom is -0.376 e. The van der Waals surface area contributed by atoms with Crippen LogP contribution in [-0.2, 0) is 30.7 Å². The first-order valence-corrected chi connectivity index (χ1v) is 13.0. The molecule has 0 aliphatic carbocycles. The lowest BCUT2D eigenvalue weighted by molar-refractivity contribution is -0.125. The Balaban J connectivity index is 1.85. The lowest BCUT2D eigenvalue weighted by Gasteiger charge is -2.30. The van der Waals surface area contributed by atoms with Gasteiger partial charge in [-0.3, -0.25) is 14.3 Å². The Labute approximate surface area is 198 Å². The molecule has 1 aliphatic heterocycles. The third-order valence-corrected chi connectivity index (χ3v) is 6.32. The number of carbonyl (C=O) groups is 2. The monoisotopic (exact) mass is 498 g/mol. The van der Waals surface area contributed by atoms with Gasteiger partial charge in [0.2, 0.25) is 5.91 Å². The van der Waals surface area contributed by atoms with Crippen LogP contribution in [0.15, 0.2) is 18.2 Å². The summed E-state index contributed by atoms with van der Waals surface area (Å²) in [6.45, 7) is 6.66. The highest BCUT2D eigenvalue weighted by atomic mass is 32.2. The van der Waals surface area contributed by atoms with Gasteiger partial charge in [0, 0.05) is 18.2 Å². The first-order valence-electron chi connectivity index (χ1n) is 11.0. The number of carbonyl (C=O) groups excluding carboxylic acids is 2. The Morgan fingerprint density at radius 2 is 2.03 bits per heavy atom. The predicted octanol–water partition coefficient (Wildman–Crippen LogP) is 0.896. The molecule has 10 nitrogen and oxygen atoms in total. The maximum atomic E-state index is 14.7. The quantitative estimate of drug-likeness (QED) is 0.553. The molecule has 12 heteroatoms. The van der Waals surface area contributed by atoms with E-state index in [1.807, 2.05) is 0 Å². The number of hydrogen-bond donors (Lipinski definition) is 2. The zero-order valence-electron chi connectivity index (χ0n) is 19.8. The van der Waals surface area contributed by atoms with E-state index < -0.39 is 38.9 Å². The topological polar surface area (TPSA) is 129 Å². The molecule has 1 fully saturated rings. The van der Waals surface area contributed by atoms with Gasteiger partial charge in [-0.25, -0.2) is 12.8 Å². The molecule has 0 spiro atoms. The zero-order valence-corrected chi connectivity index (χ0v) is 20.6. The first-order chi connectivity index (χ1) is 15.9. The minimum absolute atomic E-state index is 0.0237. The molecule has 2 heterocycles. The van der Waals surface area contributed by atoms with Crippen LogP contribution in [0.5, 0.6) is 0 Å². The second-order valence-electron chi connectivity index (χ2n) is 9.43. The number of nitrogens with one attached hydrogen (secondary N) is 2. The molecule has 1 aromatic carbocycles. The Bertz CT molecular complexity index is 1150. The van der Waals surface area contributed by atoms with E-state index in [-0.39, 0.29) is 36.2 Å². The van der Waals surface area contributed by atoms with Gasteiger partial charge in [0.15, 0.2) is 5.69 Å². The van der Waals surface area contributed by atoms with E-state index in [1.54, 1.807) is 26.8 Å². The van der Waals surface area contributed by atoms with Gasteiger partial charge in [0.25, 0.3) is 5.91 Å². The normalized spacial score (nSPS) is 18.0. The summed E-state index contributed by atoms with van der Waals surface area (Å²) in [7, 11) is -3.25. The van der Waals surface area contributed by atoms with E-state index in [2.05, 4.69) is 15.7 Å². The van der Waals surface area contributed by atoms with Gasteiger partial charge in [-0.05, 0) is 11.5 Å². The standard InChI is InChI=1S/C22H31FN4O6S/c1-22(2,3)19(21(29)24-8-11-34(4,30)31)25-20(28)17-15-6-5-7-16(23)18(15)27(26-17)12-14-13-32-9-10-33-14/h5-7,14,19H,8-13H2,1-4H3,(H,24,29)(H,25,28)/t14-,19?/m0/s1. The molecular formula is C22H31FN4O6S. The maximum absolute atomic E-state index is 14.7. The molecule has 1 aliphatic rings. The van der Waals surface area contributed by atoms with Crippen LogP contribution in [0.4, 0.5) is 4.39 Å². The Morgan fingerprint density at radius 3 is 2.65 bits per heavy atom. The van der Waals surface area contributed by atoms with Crippen molar-refractivity contribution in [2.45, 2.75) is 39.5 Å². The second-order valence-corrected chi connectivity index (χ2v) is 11.7. The van der Waals surface area contributed by atoms with Crippen molar-refractivity contribution in [2.24, 2.45) is 5.41 Å². The van der Waals surface area contributed by atoms with Gasteiger partial charge >= 0.3 is 0 Å². The van der Waals surface area contributed by atoms with Gasteiger partial charge in [0.05, 0.1) is 32.1 Å². The van der Waals surface area contributed by atoms with Crippen molar-refractivity contribution < 1.29 is 31.9 Å². The third-order valence-electron chi connectivity index (χ3n) is 5.37. The molecule has 34 heavy (non-hydrogen) atoms. The predicted molar refractivity (Wildman–Crippen MR) is 124 cm³/mol. The molecule has 0 bridgehead atoms. The molecule has 2 aromatic rings. The number of halogens is 1. The number of benzene rings is 1. The Hall–Kier alpha value is -2.57. The maximum Gasteiger partial charge on any atom is 0.273 e. The average Bonchev–Trinajstić information content (AvgIpc) is 3.10. The average molecular weight is 499 g/mol. The summed E-state index contributed by atoms with van der Waals surface area (Å²) in [6.07, 6.45) is 0.739. The van der Waals surface area contributed by atoms with Gasteiger partial charge in [-0.2, -0.15) is 5.10 Å². The van der Waals surface area contributed by atoms with E-state index in [0.29, 0.717) is 25.2 Å². The third kappa shape index (κ3) is 6.51. The SMILES string of the molecule is CC(C)(C)C(NC(=O)c1nn(C[C@H]2COCCO2)c2c(F)cccc12)C(=O)NCCS(C)(=O)=O. The van der Waals surface area contributed by atoms with Crippen LogP contribution < -0.4 is 10.6 Å². The highest BCUT2D eigenvalue weighted by Crippen LogP contribution is 2.24. The first kappa shape index (κ1) is 26.0. The molecular weight excluding hydrogens is 467 g/mol. The molecule has 188 valence electrons. The molecule has 2 N–H and O–H groups in total. The smallest absolute Gasteiger partial charge is 0.273 e. The lowest BCUT2D eigenvalue weighted by Crippen LogP contribution is -2.54. The van der Waals surface area contributed by atoms with Crippen LogP contribution in [0, 0.1) is 11.2 Å². The van der Waals surface area contributed by atoms with Gasteiger partial charge in [-0.1, -0.05) is 32.9 Å². The van der Waals surface area contributed by atoms with Crippen LogP contribution in [0.2, 0.25) is 0 Å². The van der Waals surface area contributed by atoms with E-state index in [0.717, 1.165) is 6.26 Å². The van der Waals surface area contributed by atoms with Gasteiger partial charge in [0.1, 0.15) is 33.3 Å². The number of amides is 2. The molecule has 0 saturated carbocycles. The number of rotatable bonds is 8. The highest BCUT2D eigenvalue weighted by Gasteiger charge is 2.34. The van der Waals surface area contributed by atoms with Crippen molar-refractivity contribution in [3.63, 3.8) is 0 Å². The summed E-state index contributed by atoms with van der Waals surface area (Å²) in [4.78, 5) is 26.0. The summed E-state index contributed by atoms with van der Waals surface area (Å²) >= 11 is 0. The van der Waals surface area contributed by atoms with Crippen LogP contribution in [0.25, 0.3) is 10.9 Å². The van der Waals surface area contributed by atoms with Crippen molar-refractivity contribution in [1.82, 2.24) is 20.4 Å². The van der Waals surface area contributed by atoms with Crippen molar-refractivity contribution >= 4 is 32.6 Å². The summed E-state index contributed by atoms with van der Waals surface area (Å²) in [5.74, 6) is -1.92. The zero-order chi connectivity index (χ0) is 25.1. The number of nitrogens with zero attached hydrogens (tertiary/aromatic N) is 2. The van der Waals surface area contributed by atoms with Crippen molar-refractivity contribution in [3.05, 3.63) is 29.7 Å². The summed E-state index contributed by atoms with van der Waals surface area (Å²) in [5.41, 5.74) is -0.557. The number of para-hydroxylation sites is 1. The number of fused-ring (bicyclic) bond motifs is 1. The largest absolute Gasteiger partial charge is 0.376 e. The fourth-order valence-corrected chi connectivity index (χ4v) is 4.14. The Kier molecular flexibility index (Phi) is 7.94. The highest BCUT2D eigenvalue weighted by molar-refractivity contribution is 7.90. The fourth-order valence-electron chi connectivity index (χ4n) is 3.66. The summed E-state index contributed by atoms with van der Waals surface area (Å²) < 4.78 is 49.9. The number of sulfone groups is 1. The Morgan fingerprint density at radius 1 is 1.29 bits per heavy atom. The molecule has 2 amide bonds. The van der Waals surface area contributed by atoms with Crippen LogP contribution in [-0.4, -0.2) is 80.5 Å². The van der Waals surface area contributed by atoms with Crippen LogP contribution in [0.1, 0.15) is 31.3 Å². The summed E-state index contributed by atoms with van der Waals surface area (Å²) in [5, 5.41) is 9.91. The minimum atomic E-state index is -3.25. The lowest BCUT2D eigenvalue weighted by atomic mass is 9.86. The van der Waals surface area contributed by atoms with Crippen LogP contribution >= 0.6 is 0 Å². The van der Waals surface area contributed by atoms with Crippen molar-refractivity contribution in [3.8, 4) is 0 Å². The van der Waals surface area contributed by atoms with Gasteiger partial charge in [-0.15, -0.1) is 0 Å². The van der Waals surface area contributed by atoms with E-state index in [4.69, 9.17) is 9.47 Å². The number of ether oxygens (including phenoxy) is 2. The number of hydrogen-bond acceptors (Lipinski definition) is 7. The molecule has 0 radical (unpaired) electrons. The van der Waals surface area contributed by atoms with E-state index in [9.17, 15) is 22.4 Å². The molecule has 1 aromatic heterocycles. The van der Waals surface area contributed by atoms with Crippen LogP contribution in [0.3, 0.4) is 0 Å². The molecule has 1 saturated heterocycles. The molecule has 1 unspecified atom stereocenters. The van der Waals surface area contributed by atoms with E-state index >= 15 is 0 Å². The molecule has 2 atom stereocenters. The van der Waals surface area contributed by atoms with Gasteiger partial charge < -0.3 is 20.1 Å².